The summed E-state index contributed by atoms with van der Waals surface area (Å²) in [5.74, 6) is 0.000336. The van der Waals surface area contributed by atoms with Crippen molar-refractivity contribution in [1.29, 1.82) is 0 Å². The molecule has 30 heavy (non-hydrogen) atoms. The highest BCUT2D eigenvalue weighted by atomic mass is 32.2. The maximum absolute atomic E-state index is 13.0. The van der Waals surface area contributed by atoms with E-state index in [0.717, 1.165) is 4.88 Å². The number of rotatable bonds is 7. The number of carbonyl (C=O) groups excluding carboxylic acids is 1. The van der Waals surface area contributed by atoms with Gasteiger partial charge in [-0.3, -0.25) is 4.79 Å². The minimum Gasteiger partial charge on any atom is -0.385 e. The maximum atomic E-state index is 13.0. The van der Waals surface area contributed by atoms with E-state index in [2.05, 4.69) is 10.4 Å². The van der Waals surface area contributed by atoms with Crippen LogP contribution in [0.25, 0.3) is 21.6 Å². The number of hydrogen-bond donors (Lipinski definition) is 1. The topological polar surface area (TPSA) is 103 Å². The molecule has 8 nitrogen and oxygen atoms in total. The first-order valence-corrected chi connectivity index (χ1v) is 12.5. The molecule has 1 saturated heterocycles. The highest BCUT2D eigenvalue weighted by Crippen LogP contribution is 2.33. The van der Waals surface area contributed by atoms with E-state index in [0.29, 0.717) is 54.0 Å². The predicted molar refractivity (Wildman–Crippen MR) is 117 cm³/mol. The third kappa shape index (κ3) is 4.12. The van der Waals surface area contributed by atoms with Gasteiger partial charge in [-0.15, -0.1) is 11.3 Å². The van der Waals surface area contributed by atoms with Crippen molar-refractivity contribution >= 4 is 38.1 Å². The lowest BCUT2D eigenvalue weighted by molar-refractivity contribution is 0.0950. The van der Waals surface area contributed by atoms with Gasteiger partial charge < -0.3 is 10.1 Å². The lowest BCUT2D eigenvalue weighted by Crippen LogP contribution is -2.25. The van der Waals surface area contributed by atoms with Gasteiger partial charge in [0.2, 0.25) is 0 Å². The van der Waals surface area contributed by atoms with Crippen LogP contribution in [0.1, 0.15) is 34.9 Å². The molecule has 10 heteroatoms. The molecule has 1 aliphatic heterocycles. The van der Waals surface area contributed by atoms with Crippen LogP contribution >= 0.6 is 11.3 Å². The van der Waals surface area contributed by atoms with Crippen LogP contribution in [0.15, 0.2) is 23.6 Å². The Labute approximate surface area is 179 Å². The molecule has 4 rings (SSSR count). The molecule has 0 saturated carbocycles. The average molecular weight is 449 g/mol. The van der Waals surface area contributed by atoms with Crippen molar-refractivity contribution in [1.82, 2.24) is 20.1 Å². The number of fused-ring (bicyclic) bond motifs is 1. The van der Waals surface area contributed by atoms with Gasteiger partial charge in [-0.05, 0) is 37.3 Å². The van der Waals surface area contributed by atoms with Crippen LogP contribution in [0.5, 0.6) is 0 Å². The minimum atomic E-state index is -3.08. The second-order valence-electron chi connectivity index (χ2n) is 7.42. The zero-order valence-electron chi connectivity index (χ0n) is 16.9. The van der Waals surface area contributed by atoms with Gasteiger partial charge in [0.25, 0.3) is 5.91 Å². The van der Waals surface area contributed by atoms with Gasteiger partial charge in [0.05, 0.1) is 44.8 Å². The molecular weight excluding hydrogens is 424 g/mol. The quantitative estimate of drug-likeness (QED) is 0.557. The Morgan fingerprint density at radius 1 is 1.43 bits per heavy atom. The van der Waals surface area contributed by atoms with Crippen LogP contribution in [0.4, 0.5) is 0 Å². The molecule has 1 fully saturated rings. The van der Waals surface area contributed by atoms with E-state index in [4.69, 9.17) is 9.72 Å². The van der Waals surface area contributed by atoms with Crippen molar-refractivity contribution in [3.05, 3.63) is 34.8 Å². The first kappa shape index (κ1) is 21.0. The summed E-state index contributed by atoms with van der Waals surface area (Å²) in [7, 11) is -1.45. The number of nitrogens with one attached hydrogen (secondary N) is 1. The third-order valence-electron chi connectivity index (χ3n) is 5.22. The van der Waals surface area contributed by atoms with E-state index in [-0.39, 0.29) is 23.5 Å². The summed E-state index contributed by atoms with van der Waals surface area (Å²) in [4.78, 5) is 18.8. The lowest BCUT2D eigenvalue weighted by Gasteiger charge is -2.12. The molecular formula is C20H24N4O4S2. The Morgan fingerprint density at radius 2 is 2.27 bits per heavy atom. The molecule has 1 amide bonds. The van der Waals surface area contributed by atoms with Crippen LogP contribution in [-0.4, -0.2) is 60.9 Å². The number of thiophene rings is 1. The van der Waals surface area contributed by atoms with Crippen molar-refractivity contribution in [3.63, 3.8) is 0 Å². The largest absolute Gasteiger partial charge is 0.385 e. The van der Waals surface area contributed by atoms with E-state index >= 15 is 0 Å². The standard InChI is InChI=1S/C20H24N4O4S2/c1-13-18-15(20(25)21-7-4-8-28-2)11-16(17-5-3-9-29-17)22-19(18)24(23-13)14-6-10-30(26,27)12-14/h3,5,9,11,14H,4,6-8,10,12H2,1-2H3,(H,21,25)/t14-/m0/s1. The Balaban J connectivity index is 1.80. The normalized spacial score (nSPS) is 18.1. The lowest BCUT2D eigenvalue weighted by atomic mass is 10.1. The highest BCUT2D eigenvalue weighted by Gasteiger charge is 2.32. The number of amides is 1. The molecule has 1 N–H and O–H groups in total. The molecule has 1 aliphatic rings. The van der Waals surface area contributed by atoms with Gasteiger partial charge in [0.1, 0.15) is 0 Å². The summed E-state index contributed by atoms with van der Waals surface area (Å²) in [6, 6.07) is 5.41. The second-order valence-corrected chi connectivity index (χ2v) is 10.6. The van der Waals surface area contributed by atoms with Crippen LogP contribution in [0, 0.1) is 6.92 Å². The van der Waals surface area contributed by atoms with Crippen LogP contribution < -0.4 is 5.32 Å². The SMILES string of the molecule is COCCCNC(=O)c1cc(-c2cccs2)nc2c1c(C)nn2[C@H]1CCS(=O)(=O)C1. The average Bonchev–Trinajstić information content (AvgIpc) is 3.44. The fraction of sp³-hybridized carbons (Fsp3) is 0.450. The van der Waals surface area contributed by atoms with Crippen molar-refractivity contribution in [2.75, 3.05) is 31.8 Å². The number of pyridine rings is 1. The minimum absolute atomic E-state index is 0.0483. The first-order chi connectivity index (χ1) is 14.4. The number of hydrogen-bond acceptors (Lipinski definition) is 7. The molecule has 3 aromatic heterocycles. The summed E-state index contributed by atoms with van der Waals surface area (Å²) >= 11 is 1.54. The Morgan fingerprint density at radius 3 is 2.93 bits per heavy atom. The molecule has 4 heterocycles. The number of sulfone groups is 1. The van der Waals surface area contributed by atoms with E-state index in [1.54, 1.807) is 17.9 Å². The van der Waals surface area contributed by atoms with Gasteiger partial charge in [-0.1, -0.05) is 6.07 Å². The number of aryl methyl sites for hydroxylation is 1. The van der Waals surface area contributed by atoms with Crippen molar-refractivity contribution in [2.24, 2.45) is 0 Å². The highest BCUT2D eigenvalue weighted by molar-refractivity contribution is 7.91. The molecule has 0 radical (unpaired) electrons. The molecule has 0 aromatic carbocycles. The van der Waals surface area contributed by atoms with Gasteiger partial charge in [0.15, 0.2) is 15.5 Å². The third-order valence-corrected chi connectivity index (χ3v) is 7.86. The smallest absolute Gasteiger partial charge is 0.252 e. The van der Waals surface area contributed by atoms with Gasteiger partial charge in [0, 0.05) is 20.3 Å². The number of aromatic nitrogens is 3. The van der Waals surface area contributed by atoms with Crippen LogP contribution in [-0.2, 0) is 14.6 Å². The van der Waals surface area contributed by atoms with Gasteiger partial charge in [-0.2, -0.15) is 5.10 Å². The number of methoxy groups -OCH3 is 1. The summed E-state index contributed by atoms with van der Waals surface area (Å²) in [5, 5.41) is 10.2. The van der Waals surface area contributed by atoms with E-state index < -0.39 is 9.84 Å². The fourth-order valence-corrected chi connectivity index (χ4v) is 6.16. The molecule has 1 atom stereocenters. The fourth-order valence-electron chi connectivity index (χ4n) is 3.78. The van der Waals surface area contributed by atoms with Gasteiger partial charge >= 0.3 is 0 Å². The molecule has 0 aliphatic carbocycles. The van der Waals surface area contributed by atoms with Crippen LogP contribution in [0.2, 0.25) is 0 Å². The van der Waals surface area contributed by atoms with Crippen molar-refractivity contribution in [2.45, 2.75) is 25.8 Å². The number of carbonyl (C=O) groups is 1. The maximum Gasteiger partial charge on any atom is 0.252 e. The second kappa shape index (κ2) is 8.44. The summed E-state index contributed by atoms with van der Waals surface area (Å²) in [5.41, 5.74) is 2.41. The van der Waals surface area contributed by atoms with E-state index in [9.17, 15) is 13.2 Å². The summed E-state index contributed by atoms with van der Waals surface area (Å²) < 4.78 is 30.8. The summed E-state index contributed by atoms with van der Waals surface area (Å²) in [6.07, 6.45) is 1.22. The Kier molecular flexibility index (Phi) is 5.90. The number of ether oxygens (including phenoxy) is 1. The Hall–Kier alpha value is -2.30. The Bertz CT molecular complexity index is 1170. The van der Waals surface area contributed by atoms with Crippen molar-refractivity contribution < 1.29 is 17.9 Å². The zero-order valence-corrected chi connectivity index (χ0v) is 18.6. The van der Waals surface area contributed by atoms with Crippen LogP contribution in [0.3, 0.4) is 0 Å². The number of nitrogens with zero attached hydrogens (tertiary/aromatic N) is 3. The summed E-state index contributed by atoms with van der Waals surface area (Å²) in [6.45, 7) is 2.90. The first-order valence-electron chi connectivity index (χ1n) is 9.81. The molecule has 0 unspecified atom stereocenters. The van der Waals surface area contributed by atoms with Gasteiger partial charge in [-0.25, -0.2) is 18.1 Å². The van der Waals surface area contributed by atoms with E-state index in [1.807, 2.05) is 24.4 Å². The monoisotopic (exact) mass is 448 g/mol. The molecule has 0 spiro atoms. The predicted octanol–water partition coefficient (Wildman–Crippen LogP) is 2.59. The molecule has 3 aromatic rings. The van der Waals surface area contributed by atoms with E-state index in [1.165, 1.54) is 11.3 Å². The zero-order chi connectivity index (χ0) is 21.3. The van der Waals surface area contributed by atoms with Crippen molar-refractivity contribution in [3.8, 4) is 10.6 Å². The molecule has 0 bridgehead atoms. The molecule has 160 valence electrons.